The van der Waals surface area contributed by atoms with Crippen molar-refractivity contribution in [2.75, 3.05) is 26.0 Å². The highest BCUT2D eigenvalue weighted by Gasteiger charge is 2.18. The number of aryl methyl sites for hydroxylation is 2. The van der Waals surface area contributed by atoms with E-state index in [0.717, 1.165) is 28.1 Å². The van der Waals surface area contributed by atoms with Crippen molar-refractivity contribution >= 4 is 17.7 Å². The molecule has 0 fully saturated rings. The van der Waals surface area contributed by atoms with Gasteiger partial charge in [0.05, 0.1) is 12.3 Å². The molecule has 2 aromatic carbocycles. The maximum absolute atomic E-state index is 12.8. The van der Waals surface area contributed by atoms with E-state index in [2.05, 4.69) is 21.2 Å². The molecule has 4 aromatic rings. The molecule has 7 nitrogen and oxygen atoms in total. The van der Waals surface area contributed by atoms with Crippen molar-refractivity contribution in [3.8, 4) is 22.8 Å². The van der Waals surface area contributed by atoms with Crippen LogP contribution in [0.15, 0.2) is 78.2 Å². The number of carbonyl (C=O) groups excluding carboxylic acids is 1. The summed E-state index contributed by atoms with van der Waals surface area (Å²) in [5, 5.41) is 9.41. The number of likely N-dealkylation sites (N-methyl/N-ethyl adjacent to an activating group) is 1. The largest absolute Gasteiger partial charge is 0.492 e. The molecular weight excluding hydrogens is 446 g/mol. The second-order valence-electron chi connectivity index (χ2n) is 7.99. The highest BCUT2D eigenvalue weighted by molar-refractivity contribution is 7.99. The van der Waals surface area contributed by atoms with Crippen molar-refractivity contribution in [2.45, 2.75) is 19.0 Å². The number of hydrogen-bond donors (Lipinski definition) is 0. The Labute approximate surface area is 203 Å². The van der Waals surface area contributed by atoms with Gasteiger partial charge in [-0.15, -0.1) is 10.2 Å². The molecule has 0 saturated carbocycles. The predicted molar refractivity (Wildman–Crippen MR) is 134 cm³/mol. The van der Waals surface area contributed by atoms with Crippen LogP contribution in [-0.2, 0) is 4.79 Å². The van der Waals surface area contributed by atoms with Gasteiger partial charge in [0.2, 0.25) is 5.91 Å². The van der Waals surface area contributed by atoms with Crippen LogP contribution in [0, 0.1) is 13.8 Å². The van der Waals surface area contributed by atoms with Gasteiger partial charge in [-0.3, -0.25) is 14.3 Å². The molecule has 0 N–H and O–H groups in total. The molecule has 2 aromatic heterocycles. The van der Waals surface area contributed by atoms with Crippen molar-refractivity contribution < 1.29 is 9.53 Å². The lowest BCUT2D eigenvalue weighted by Crippen LogP contribution is -2.32. The van der Waals surface area contributed by atoms with Crippen LogP contribution in [-0.4, -0.2) is 56.5 Å². The van der Waals surface area contributed by atoms with Crippen molar-refractivity contribution in [1.29, 1.82) is 0 Å². The topological polar surface area (TPSA) is 73.1 Å². The van der Waals surface area contributed by atoms with E-state index in [1.54, 1.807) is 24.3 Å². The summed E-state index contributed by atoms with van der Waals surface area (Å²) in [4.78, 5) is 18.7. The van der Waals surface area contributed by atoms with Crippen LogP contribution >= 0.6 is 11.8 Å². The Morgan fingerprint density at radius 2 is 1.79 bits per heavy atom. The first-order chi connectivity index (χ1) is 16.5. The minimum absolute atomic E-state index is 0.000405. The zero-order chi connectivity index (χ0) is 23.9. The minimum Gasteiger partial charge on any atom is -0.492 e. The highest BCUT2D eigenvalue weighted by Crippen LogP contribution is 2.27. The van der Waals surface area contributed by atoms with Crippen LogP contribution in [0.4, 0.5) is 0 Å². The van der Waals surface area contributed by atoms with Gasteiger partial charge in [-0.25, -0.2) is 0 Å². The van der Waals surface area contributed by atoms with Crippen molar-refractivity contribution in [2.24, 2.45) is 0 Å². The molecular formula is C26H27N5O2S. The summed E-state index contributed by atoms with van der Waals surface area (Å²) in [6.07, 6.45) is 3.48. The molecule has 0 unspecified atom stereocenters. The molecule has 8 heteroatoms. The summed E-state index contributed by atoms with van der Waals surface area (Å²) in [6.45, 7) is 5.02. The van der Waals surface area contributed by atoms with Gasteiger partial charge in [-0.1, -0.05) is 36.0 Å². The van der Waals surface area contributed by atoms with Gasteiger partial charge in [0.15, 0.2) is 11.0 Å². The van der Waals surface area contributed by atoms with Crippen LogP contribution in [0.3, 0.4) is 0 Å². The number of thioether (sulfide) groups is 1. The molecule has 0 aliphatic carbocycles. The van der Waals surface area contributed by atoms with Crippen molar-refractivity contribution in [3.05, 3.63) is 84.2 Å². The summed E-state index contributed by atoms with van der Waals surface area (Å²) in [6, 6.07) is 19.8. The van der Waals surface area contributed by atoms with Gasteiger partial charge in [-0.2, -0.15) is 0 Å². The molecule has 0 aliphatic rings. The first-order valence-corrected chi connectivity index (χ1v) is 12.0. The molecule has 0 atom stereocenters. The molecule has 1 amide bonds. The molecule has 0 radical (unpaired) electrons. The van der Waals surface area contributed by atoms with Crippen molar-refractivity contribution in [3.63, 3.8) is 0 Å². The number of amides is 1. The Hall–Kier alpha value is -3.65. The number of rotatable bonds is 9. The fraction of sp³-hybridized carbons (Fsp3) is 0.231. The van der Waals surface area contributed by atoms with E-state index in [1.165, 1.54) is 11.8 Å². The van der Waals surface area contributed by atoms with Gasteiger partial charge in [-0.05, 0) is 61.4 Å². The number of nitrogens with zero attached hydrogens (tertiary/aromatic N) is 5. The number of benzene rings is 2. The molecule has 174 valence electrons. The molecule has 0 spiro atoms. The van der Waals surface area contributed by atoms with E-state index in [-0.39, 0.29) is 11.7 Å². The second-order valence-corrected chi connectivity index (χ2v) is 8.94. The standard InChI is InChI=1S/C26H27N5O2S/c1-19-14-20(2)16-23(15-19)33-13-12-30(3)24(32)18-34-26-29-28-25(21-8-7-11-27-17-21)31(26)22-9-5-4-6-10-22/h4-11,14-17H,12-13,18H2,1-3H3. The normalized spacial score (nSPS) is 10.8. The number of pyridine rings is 1. The zero-order valence-corrected chi connectivity index (χ0v) is 20.3. The maximum atomic E-state index is 12.8. The van der Waals surface area contributed by atoms with Crippen LogP contribution < -0.4 is 4.74 Å². The fourth-order valence-corrected chi connectivity index (χ4v) is 4.43. The Morgan fingerprint density at radius 3 is 2.50 bits per heavy atom. The Balaban J connectivity index is 1.40. The lowest BCUT2D eigenvalue weighted by molar-refractivity contribution is -0.127. The van der Waals surface area contributed by atoms with E-state index in [9.17, 15) is 4.79 Å². The Bertz CT molecular complexity index is 1220. The van der Waals surface area contributed by atoms with Gasteiger partial charge in [0.1, 0.15) is 12.4 Å². The summed E-state index contributed by atoms with van der Waals surface area (Å²) < 4.78 is 7.80. The number of hydrogen-bond acceptors (Lipinski definition) is 6. The SMILES string of the molecule is Cc1cc(C)cc(OCCN(C)C(=O)CSc2nnc(-c3cccnc3)n2-c2ccccc2)c1. The summed E-state index contributed by atoms with van der Waals surface area (Å²) in [5.41, 5.74) is 4.10. The molecule has 2 heterocycles. The van der Waals surface area contributed by atoms with Gasteiger partial charge < -0.3 is 9.64 Å². The first-order valence-electron chi connectivity index (χ1n) is 11.0. The second kappa shape index (κ2) is 11.0. The number of aromatic nitrogens is 4. The predicted octanol–water partition coefficient (Wildman–Crippen LogP) is 4.58. The number of ether oxygens (including phenoxy) is 1. The molecule has 4 rings (SSSR count). The molecule has 0 aliphatic heterocycles. The molecule has 0 saturated heterocycles. The third kappa shape index (κ3) is 5.82. The van der Waals surface area contributed by atoms with E-state index in [0.29, 0.717) is 24.1 Å². The fourth-order valence-electron chi connectivity index (χ4n) is 3.53. The van der Waals surface area contributed by atoms with E-state index >= 15 is 0 Å². The lowest BCUT2D eigenvalue weighted by Gasteiger charge is -2.18. The van der Waals surface area contributed by atoms with E-state index in [1.807, 2.05) is 73.0 Å². The van der Waals surface area contributed by atoms with Gasteiger partial charge in [0, 0.05) is 30.7 Å². The maximum Gasteiger partial charge on any atom is 0.232 e. The quantitative estimate of drug-likeness (QED) is 0.332. The van der Waals surface area contributed by atoms with E-state index < -0.39 is 0 Å². The average Bonchev–Trinajstić information content (AvgIpc) is 3.27. The minimum atomic E-state index is -0.000405. The number of carbonyl (C=O) groups is 1. The highest BCUT2D eigenvalue weighted by atomic mass is 32.2. The Kier molecular flexibility index (Phi) is 7.59. The zero-order valence-electron chi connectivity index (χ0n) is 19.5. The van der Waals surface area contributed by atoms with Crippen LogP contribution in [0.25, 0.3) is 17.1 Å². The molecule has 34 heavy (non-hydrogen) atoms. The summed E-state index contributed by atoms with van der Waals surface area (Å²) in [5.74, 6) is 1.76. The van der Waals surface area contributed by atoms with Crippen LogP contribution in [0.2, 0.25) is 0 Å². The summed E-state index contributed by atoms with van der Waals surface area (Å²) in [7, 11) is 1.79. The smallest absolute Gasteiger partial charge is 0.232 e. The van der Waals surface area contributed by atoms with Gasteiger partial charge >= 0.3 is 0 Å². The third-order valence-corrected chi connectivity index (χ3v) is 6.12. The summed E-state index contributed by atoms with van der Waals surface area (Å²) >= 11 is 1.36. The van der Waals surface area contributed by atoms with Crippen molar-refractivity contribution in [1.82, 2.24) is 24.6 Å². The Morgan fingerprint density at radius 1 is 1.03 bits per heavy atom. The number of para-hydroxylation sites is 1. The average molecular weight is 474 g/mol. The monoisotopic (exact) mass is 473 g/mol. The van der Waals surface area contributed by atoms with Gasteiger partial charge in [0.25, 0.3) is 0 Å². The third-order valence-electron chi connectivity index (χ3n) is 5.21. The van der Waals surface area contributed by atoms with Crippen LogP contribution in [0.1, 0.15) is 11.1 Å². The molecule has 0 bridgehead atoms. The lowest BCUT2D eigenvalue weighted by atomic mass is 10.1. The van der Waals surface area contributed by atoms with Crippen LogP contribution in [0.5, 0.6) is 5.75 Å². The first kappa shape index (κ1) is 23.5. The van der Waals surface area contributed by atoms with E-state index in [4.69, 9.17) is 4.74 Å².